The number of hydrogen-bond acceptors (Lipinski definition) is 6. The highest BCUT2D eigenvalue weighted by Crippen LogP contribution is 2.58. The first-order chi connectivity index (χ1) is 14.3. The van der Waals surface area contributed by atoms with Crippen LogP contribution >= 0.6 is 7.37 Å². The fourth-order valence-electron chi connectivity index (χ4n) is 2.67. The number of carbonyl (C=O) groups is 2. The van der Waals surface area contributed by atoms with Gasteiger partial charge in [0.05, 0.1) is 0 Å². The Kier molecular flexibility index (Phi) is 8.78. The van der Waals surface area contributed by atoms with Crippen LogP contribution in [0.2, 0.25) is 0 Å². The van der Waals surface area contributed by atoms with Crippen molar-refractivity contribution in [1.29, 1.82) is 0 Å². The minimum atomic E-state index is -3.86. The number of benzene rings is 2. The van der Waals surface area contributed by atoms with Crippen molar-refractivity contribution >= 4 is 31.5 Å². The first-order valence-corrected chi connectivity index (χ1v) is 11.1. The lowest BCUT2D eigenvalue weighted by Gasteiger charge is -2.28. The predicted molar refractivity (Wildman–Crippen MR) is 117 cm³/mol. The minimum absolute atomic E-state index is 0.636. The molecule has 0 saturated carbocycles. The van der Waals surface area contributed by atoms with E-state index in [0.717, 1.165) is 11.1 Å². The third kappa shape index (κ3) is 6.83. The Morgan fingerprint density at radius 2 is 1.13 bits per heavy atom. The highest BCUT2D eigenvalue weighted by molar-refractivity contribution is 7.60. The normalized spacial score (nSPS) is 13.8. The summed E-state index contributed by atoms with van der Waals surface area (Å²) in [5.74, 6) is -3.76. The lowest BCUT2D eigenvalue weighted by Crippen LogP contribution is -2.25. The molecule has 0 aliphatic heterocycles. The molecule has 2 aromatic rings. The molecule has 0 fully saturated rings. The molecule has 0 heterocycles. The standard InChI is InChI=1S/C23H25O6P/c1-18(24)28-22(16-14-20-10-6-4-7-11-20)30(26,27-3)23(29-19(2)25)17-15-21-12-8-5-9-13-21/h4-17,22-23H,1-3H3/b16-14+,17-15+/t22-,23-/m0/s1. The molecule has 0 aliphatic carbocycles. The van der Waals surface area contributed by atoms with Gasteiger partial charge in [-0.3, -0.25) is 14.2 Å². The second-order valence-corrected chi connectivity index (χ2v) is 9.04. The Labute approximate surface area is 176 Å². The van der Waals surface area contributed by atoms with Crippen LogP contribution in [0.5, 0.6) is 0 Å². The van der Waals surface area contributed by atoms with Crippen LogP contribution in [0, 0.1) is 0 Å². The van der Waals surface area contributed by atoms with Crippen molar-refractivity contribution in [2.45, 2.75) is 25.5 Å². The molecule has 0 N–H and O–H groups in total. The molecule has 2 aromatic carbocycles. The molecule has 0 bridgehead atoms. The van der Waals surface area contributed by atoms with Gasteiger partial charge in [0.1, 0.15) is 0 Å². The maximum atomic E-state index is 13.8. The van der Waals surface area contributed by atoms with Crippen LogP contribution in [0.4, 0.5) is 0 Å². The molecule has 7 heteroatoms. The Morgan fingerprint density at radius 3 is 1.43 bits per heavy atom. The first-order valence-electron chi connectivity index (χ1n) is 9.31. The third-order valence-corrected chi connectivity index (χ3v) is 6.62. The van der Waals surface area contributed by atoms with Crippen LogP contribution in [-0.4, -0.2) is 30.7 Å². The van der Waals surface area contributed by atoms with Crippen LogP contribution in [0.25, 0.3) is 12.2 Å². The molecular formula is C23H25O6P. The fraction of sp³-hybridized carbons (Fsp3) is 0.217. The molecule has 158 valence electrons. The average Bonchev–Trinajstić information content (AvgIpc) is 2.74. The van der Waals surface area contributed by atoms with E-state index in [1.54, 1.807) is 12.2 Å². The van der Waals surface area contributed by atoms with E-state index in [-0.39, 0.29) is 0 Å². The van der Waals surface area contributed by atoms with Gasteiger partial charge in [0.15, 0.2) is 11.7 Å². The number of carbonyl (C=O) groups excluding carboxylic acids is 2. The van der Waals surface area contributed by atoms with Gasteiger partial charge >= 0.3 is 11.9 Å². The molecule has 30 heavy (non-hydrogen) atoms. The molecule has 0 radical (unpaired) electrons. The Bertz CT molecular complexity index is 863. The fourth-order valence-corrected chi connectivity index (χ4v) is 4.62. The van der Waals surface area contributed by atoms with Gasteiger partial charge in [-0.25, -0.2) is 0 Å². The molecule has 0 unspecified atom stereocenters. The molecule has 2 atom stereocenters. The van der Waals surface area contributed by atoms with Crippen molar-refractivity contribution in [3.63, 3.8) is 0 Å². The lowest BCUT2D eigenvalue weighted by atomic mass is 10.2. The zero-order chi connectivity index (χ0) is 22.0. The van der Waals surface area contributed by atoms with E-state index in [1.807, 2.05) is 60.7 Å². The van der Waals surface area contributed by atoms with Crippen molar-refractivity contribution in [3.05, 3.63) is 83.9 Å². The van der Waals surface area contributed by atoms with Crippen LogP contribution < -0.4 is 0 Å². The van der Waals surface area contributed by atoms with E-state index in [9.17, 15) is 14.2 Å². The maximum Gasteiger partial charge on any atom is 0.303 e. The molecule has 2 rings (SSSR count). The van der Waals surface area contributed by atoms with Gasteiger partial charge in [-0.2, -0.15) is 0 Å². The summed E-state index contributed by atoms with van der Waals surface area (Å²) in [6, 6.07) is 18.5. The van der Waals surface area contributed by atoms with Gasteiger partial charge in [-0.05, 0) is 23.3 Å². The maximum absolute atomic E-state index is 13.8. The molecule has 6 nitrogen and oxygen atoms in total. The first kappa shape index (κ1) is 23.3. The number of hydrogen-bond donors (Lipinski definition) is 0. The van der Waals surface area contributed by atoms with E-state index in [0.29, 0.717) is 0 Å². The van der Waals surface area contributed by atoms with Gasteiger partial charge in [0.2, 0.25) is 0 Å². The summed E-state index contributed by atoms with van der Waals surface area (Å²) < 4.78 is 29.8. The average molecular weight is 428 g/mol. The summed E-state index contributed by atoms with van der Waals surface area (Å²) in [7, 11) is -2.63. The number of esters is 2. The van der Waals surface area contributed by atoms with Crippen molar-refractivity contribution in [2.24, 2.45) is 0 Å². The summed E-state index contributed by atoms with van der Waals surface area (Å²) in [6.07, 6.45) is 6.30. The van der Waals surface area contributed by atoms with Crippen LogP contribution in [0.15, 0.2) is 72.8 Å². The lowest BCUT2D eigenvalue weighted by molar-refractivity contribution is -0.142. The minimum Gasteiger partial charge on any atom is -0.448 e. The molecule has 0 aromatic heterocycles. The van der Waals surface area contributed by atoms with Gasteiger partial charge in [-0.15, -0.1) is 0 Å². The Morgan fingerprint density at radius 1 is 0.767 bits per heavy atom. The number of rotatable bonds is 9. The zero-order valence-corrected chi connectivity index (χ0v) is 18.0. The van der Waals surface area contributed by atoms with Crippen molar-refractivity contribution in [2.75, 3.05) is 7.11 Å². The van der Waals surface area contributed by atoms with Crippen molar-refractivity contribution < 1.29 is 28.2 Å². The molecular weight excluding hydrogens is 403 g/mol. The van der Waals surface area contributed by atoms with Gasteiger partial charge in [-0.1, -0.05) is 72.8 Å². The molecule has 0 amide bonds. The highest BCUT2D eigenvalue weighted by atomic mass is 31.2. The van der Waals surface area contributed by atoms with E-state index in [4.69, 9.17) is 14.0 Å². The Hall–Kier alpha value is -2.95. The van der Waals surface area contributed by atoms with Gasteiger partial charge < -0.3 is 14.0 Å². The summed E-state index contributed by atoms with van der Waals surface area (Å²) in [4.78, 5) is 23.4. The highest BCUT2D eigenvalue weighted by Gasteiger charge is 2.43. The summed E-state index contributed by atoms with van der Waals surface area (Å²) in [6.45, 7) is 2.42. The van der Waals surface area contributed by atoms with Crippen molar-refractivity contribution in [3.8, 4) is 0 Å². The summed E-state index contributed by atoms with van der Waals surface area (Å²) >= 11 is 0. The van der Waals surface area contributed by atoms with Gasteiger partial charge in [0, 0.05) is 21.0 Å². The van der Waals surface area contributed by atoms with Crippen LogP contribution in [-0.2, 0) is 28.2 Å². The largest absolute Gasteiger partial charge is 0.448 e. The predicted octanol–water partition coefficient (Wildman–Crippen LogP) is 5.12. The van der Waals surface area contributed by atoms with Crippen LogP contribution in [0.1, 0.15) is 25.0 Å². The molecule has 0 saturated heterocycles. The van der Waals surface area contributed by atoms with Gasteiger partial charge in [0.25, 0.3) is 7.37 Å². The Balaban J connectivity index is 2.43. The van der Waals surface area contributed by atoms with E-state index in [2.05, 4.69) is 0 Å². The summed E-state index contributed by atoms with van der Waals surface area (Å²) in [5, 5.41) is 0. The van der Waals surface area contributed by atoms with E-state index in [1.165, 1.54) is 33.1 Å². The van der Waals surface area contributed by atoms with Crippen LogP contribution in [0.3, 0.4) is 0 Å². The molecule has 0 aliphatic rings. The monoisotopic (exact) mass is 428 g/mol. The smallest absolute Gasteiger partial charge is 0.303 e. The zero-order valence-electron chi connectivity index (χ0n) is 17.1. The van der Waals surface area contributed by atoms with Crippen molar-refractivity contribution in [1.82, 2.24) is 0 Å². The second-order valence-electron chi connectivity index (χ2n) is 6.37. The second kappa shape index (κ2) is 11.3. The topological polar surface area (TPSA) is 78.9 Å². The SMILES string of the molecule is COP(=O)([C@@H](/C=C/c1ccccc1)OC(C)=O)[C@@H](/C=C/c1ccccc1)OC(C)=O. The third-order valence-electron chi connectivity index (χ3n) is 4.07. The molecule has 0 spiro atoms. The van der Waals surface area contributed by atoms with E-state index >= 15 is 0 Å². The quantitative estimate of drug-likeness (QED) is 0.408. The summed E-state index contributed by atoms with van der Waals surface area (Å²) in [5.41, 5.74) is 1.64. The van der Waals surface area contributed by atoms with E-state index < -0.39 is 31.0 Å². The number of ether oxygens (including phenoxy) is 2.